The molecule has 6 nitrogen and oxygen atoms in total. The number of carbonyl (C=O) groups excluding carboxylic acids is 1. The van der Waals surface area contributed by atoms with Crippen molar-refractivity contribution in [2.75, 3.05) is 18.9 Å². The summed E-state index contributed by atoms with van der Waals surface area (Å²) in [5.41, 5.74) is 4.59. The molecule has 1 aliphatic carbocycles. The van der Waals surface area contributed by atoms with Crippen LogP contribution in [0.1, 0.15) is 42.6 Å². The van der Waals surface area contributed by atoms with Crippen molar-refractivity contribution in [3.63, 3.8) is 0 Å². The molecule has 0 spiro atoms. The van der Waals surface area contributed by atoms with Crippen LogP contribution in [-0.4, -0.2) is 39.6 Å². The third kappa shape index (κ3) is 4.41. The highest BCUT2D eigenvalue weighted by atomic mass is 16.1. The molecule has 0 unspecified atom stereocenters. The van der Waals surface area contributed by atoms with E-state index in [-0.39, 0.29) is 5.91 Å². The van der Waals surface area contributed by atoms with E-state index in [4.69, 9.17) is 0 Å². The van der Waals surface area contributed by atoms with Crippen LogP contribution < -0.4 is 5.32 Å². The topological polar surface area (TPSA) is 73.9 Å². The van der Waals surface area contributed by atoms with Crippen molar-refractivity contribution >= 4 is 11.6 Å². The molecule has 2 aromatic rings. The van der Waals surface area contributed by atoms with Gasteiger partial charge in [0.15, 0.2) is 0 Å². The van der Waals surface area contributed by atoms with Gasteiger partial charge >= 0.3 is 0 Å². The minimum atomic E-state index is 0.00991. The zero-order valence-electron chi connectivity index (χ0n) is 14.2. The molecule has 0 saturated heterocycles. The highest BCUT2D eigenvalue weighted by molar-refractivity contribution is 5.90. The number of H-pyrrole nitrogens is 1. The van der Waals surface area contributed by atoms with Gasteiger partial charge in [0.05, 0.1) is 17.6 Å². The molecular formula is C18H25N5O. The maximum absolute atomic E-state index is 12.0. The summed E-state index contributed by atoms with van der Waals surface area (Å²) < 4.78 is 0. The zero-order valence-corrected chi connectivity index (χ0v) is 14.2. The molecule has 3 rings (SSSR count). The molecule has 0 bridgehead atoms. The molecule has 0 aliphatic heterocycles. The van der Waals surface area contributed by atoms with Crippen LogP contribution in [0.4, 0.5) is 5.69 Å². The van der Waals surface area contributed by atoms with Gasteiger partial charge in [-0.3, -0.25) is 19.8 Å². The van der Waals surface area contributed by atoms with Crippen molar-refractivity contribution in [2.24, 2.45) is 0 Å². The molecule has 0 fully saturated rings. The molecule has 2 heterocycles. The Kier molecular flexibility index (Phi) is 5.59. The number of hydrogen-bond donors (Lipinski definition) is 2. The van der Waals surface area contributed by atoms with Crippen molar-refractivity contribution < 1.29 is 4.79 Å². The van der Waals surface area contributed by atoms with E-state index in [1.165, 1.54) is 30.5 Å². The molecule has 0 atom stereocenters. The van der Waals surface area contributed by atoms with E-state index in [1.807, 2.05) is 19.2 Å². The van der Waals surface area contributed by atoms with Crippen molar-refractivity contribution in [1.82, 2.24) is 20.1 Å². The minimum absolute atomic E-state index is 0.00991. The Morgan fingerprint density at radius 2 is 2.21 bits per heavy atom. The number of pyridine rings is 1. The van der Waals surface area contributed by atoms with Crippen LogP contribution in [0.15, 0.2) is 24.5 Å². The number of amides is 1. The van der Waals surface area contributed by atoms with Gasteiger partial charge in [-0.1, -0.05) is 6.42 Å². The van der Waals surface area contributed by atoms with Crippen LogP contribution in [0.3, 0.4) is 0 Å². The predicted octanol–water partition coefficient (Wildman–Crippen LogP) is 2.53. The van der Waals surface area contributed by atoms with Gasteiger partial charge in [0.2, 0.25) is 5.91 Å². The summed E-state index contributed by atoms with van der Waals surface area (Å²) in [6.07, 6.45) is 9.83. The van der Waals surface area contributed by atoms with Crippen LogP contribution in [0, 0.1) is 0 Å². The lowest BCUT2D eigenvalue weighted by Gasteiger charge is -2.16. The average molecular weight is 327 g/mol. The monoisotopic (exact) mass is 327 g/mol. The maximum Gasteiger partial charge on any atom is 0.225 e. The van der Waals surface area contributed by atoms with Crippen molar-refractivity contribution in [3.05, 3.63) is 41.5 Å². The molecular weight excluding hydrogens is 302 g/mol. The predicted molar refractivity (Wildman–Crippen MR) is 93.7 cm³/mol. The number of carbonyl (C=O) groups is 1. The zero-order chi connectivity index (χ0) is 16.8. The van der Waals surface area contributed by atoms with Crippen LogP contribution in [0.25, 0.3) is 0 Å². The van der Waals surface area contributed by atoms with E-state index < -0.39 is 0 Å². The van der Waals surface area contributed by atoms with E-state index >= 15 is 0 Å². The molecule has 0 aromatic carbocycles. The summed E-state index contributed by atoms with van der Waals surface area (Å²) in [6, 6.07) is 3.65. The Labute approximate surface area is 142 Å². The second-order valence-corrected chi connectivity index (χ2v) is 6.47. The molecule has 1 amide bonds. The summed E-state index contributed by atoms with van der Waals surface area (Å²) in [5.74, 6) is 0.00991. The summed E-state index contributed by atoms with van der Waals surface area (Å²) in [7, 11) is 2.04. The number of rotatable bonds is 6. The molecule has 1 aliphatic rings. The van der Waals surface area contributed by atoms with Crippen LogP contribution in [0.2, 0.25) is 0 Å². The molecule has 0 radical (unpaired) electrons. The molecule has 2 aromatic heterocycles. The quantitative estimate of drug-likeness (QED) is 0.800. The summed E-state index contributed by atoms with van der Waals surface area (Å²) >= 11 is 0. The second-order valence-electron chi connectivity index (χ2n) is 6.47. The lowest BCUT2D eigenvalue weighted by atomic mass is 10.1. The first-order valence-corrected chi connectivity index (χ1v) is 8.66. The highest BCUT2D eigenvalue weighted by Gasteiger charge is 2.17. The van der Waals surface area contributed by atoms with Crippen molar-refractivity contribution in [1.29, 1.82) is 0 Å². The van der Waals surface area contributed by atoms with E-state index in [2.05, 4.69) is 25.4 Å². The highest BCUT2D eigenvalue weighted by Crippen LogP contribution is 2.22. The van der Waals surface area contributed by atoms with Crippen LogP contribution in [0.5, 0.6) is 0 Å². The summed E-state index contributed by atoms with van der Waals surface area (Å²) in [6.45, 7) is 1.49. The fourth-order valence-electron chi connectivity index (χ4n) is 3.14. The van der Waals surface area contributed by atoms with Gasteiger partial charge in [-0.2, -0.15) is 5.10 Å². The van der Waals surface area contributed by atoms with E-state index in [9.17, 15) is 4.79 Å². The molecule has 24 heavy (non-hydrogen) atoms. The molecule has 6 heteroatoms. The number of hydrogen-bond acceptors (Lipinski definition) is 4. The lowest BCUT2D eigenvalue weighted by molar-refractivity contribution is -0.116. The number of aryl methyl sites for hydroxylation is 1. The molecule has 128 valence electrons. The number of aromatic nitrogens is 3. The van der Waals surface area contributed by atoms with Crippen molar-refractivity contribution in [2.45, 2.75) is 45.1 Å². The van der Waals surface area contributed by atoms with Gasteiger partial charge in [-0.25, -0.2) is 0 Å². The smallest absolute Gasteiger partial charge is 0.225 e. The normalized spacial score (nSPS) is 14.2. The van der Waals surface area contributed by atoms with Crippen LogP contribution >= 0.6 is 0 Å². The maximum atomic E-state index is 12.0. The third-order valence-corrected chi connectivity index (χ3v) is 4.48. The SMILES string of the molecule is CN(CCC(=O)Nc1cccnc1)Cc1n[nH]c2c1CCCCC2. The van der Waals surface area contributed by atoms with Gasteiger partial charge in [-0.15, -0.1) is 0 Å². The Hall–Kier alpha value is -2.21. The fraction of sp³-hybridized carbons (Fsp3) is 0.500. The fourth-order valence-corrected chi connectivity index (χ4v) is 3.14. The summed E-state index contributed by atoms with van der Waals surface area (Å²) in [4.78, 5) is 18.2. The first kappa shape index (κ1) is 16.6. The number of nitrogens with one attached hydrogen (secondary N) is 2. The number of aromatic amines is 1. The number of nitrogens with zero attached hydrogens (tertiary/aromatic N) is 3. The van der Waals surface area contributed by atoms with Gasteiger partial charge in [0.1, 0.15) is 0 Å². The average Bonchev–Trinajstić information content (AvgIpc) is 2.81. The standard InChI is InChI=1S/C18H25N5O/c1-23(11-9-18(24)20-14-6-5-10-19-12-14)13-17-15-7-3-2-4-8-16(15)21-22-17/h5-6,10,12H,2-4,7-9,11,13H2,1H3,(H,20,24)(H,21,22). The Bertz CT molecular complexity index is 667. The van der Waals surface area contributed by atoms with Gasteiger partial charge in [0, 0.05) is 31.4 Å². The van der Waals surface area contributed by atoms with Gasteiger partial charge in [-0.05, 0) is 50.4 Å². The van der Waals surface area contributed by atoms with Crippen molar-refractivity contribution in [3.8, 4) is 0 Å². The first-order valence-electron chi connectivity index (χ1n) is 8.66. The summed E-state index contributed by atoms with van der Waals surface area (Å²) in [5, 5.41) is 10.6. The van der Waals surface area contributed by atoms with E-state index in [0.717, 1.165) is 30.8 Å². The largest absolute Gasteiger partial charge is 0.325 e. The molecule has 2 N–H and O–H groups in total. The van der Waals surface area contributed by atoms with Gasteiger partial charge in [0.25, 0.3) is 0 Å². The first-order chi connectivity index (χ1) is 11.7. The number of anilines is 1. The lowest BCUT2D eigenvalue weighted by Crippen LogP contribution is -2.24. The van der Waals surface area contributed by atoms with Crippen LogP contribution in [-0.2, 0) is 24.2 Å². The molecule has 0 saturated carbocycles. The Morgan fingerprint density at radius 3 is 3.04 bits per heavy atom. The second kappa shape index (κ2) is 8.06. The third-order valence-electron chi connectivity index (χ3n) is 4.48. The van der Waals surface area contributed by atoms with E-state index in [0.29, 0.717) is 13.0 Å². The number of fused-ring (bicyclic) bond motifs is 1. The van der Waals surface area contributed by atoms with Gasteiger partial charge < -0.3 is 5.32 Å². The Balaban J connectivity index is 1.48. The van der Waals surface area contributed by atoms with E-state index in [1.54, 1.807) is 12.4 Å². The Morgan fingerprint density at radius 1 is 1.33 bits per heavy atom. The minimum Gasteiger partial charge on any atom is -0.325 e.